The molecule has 0 atom stereocenters. The van der Waals surface area contributed by atoms with E-state index in [2.05, 4.69) is 15.5 Å². The van der Waals surface area contributed by atoms with Gasteiger partial charge in [0.2, 0.25) is 5.91 Å². The minimum atomic E-state index is -0.721. The molecule has 11 heteroatoms. The predicted octanol–water partition coefficient (Wildman–Crippen LogP) is 5.21. The number of hydrogen-bond donors (Lipinski definition) is 1. The number of aryl methyl sites for hydroxylation is 1. The maximum atomic E-state index is 15.3. The van der Waals surface area contributed by atoms with Gasteiger partial charge in [-0.15, -0.1) is 11.6 Å². The maximum Gasteiger partial charge on any atom is 0.435 e. The fourth-order valence-electron chi connectivity index (χ4n) is 3.76. The summed E-state index contributed by atoms with van der Waals surface area (Å²) < 4.78 is 29.1. The largest absolute Gasteiger partial charge is 0.496 e. The fourth-order valence-corrected chi connectivity index (χ4v) is 3.83. The highest BCUT2D eigenvalue weighted by Gasteiger charge is 2.24. The lowest BCUT2D eigenvalue weighted by molar-refractivity contribution is -0.113. The van der Waals surface area contributed by atoms with Crippen molar-refractivity contribution in [2.75, 3.05) is 18.3 Å². The second-order valence-electron chi connectivity index (χ2n) is 9.09. The van der Waals surface area contributed by atoms with Gasteiger partial charge in [-0.3, -0.25) is 9.48 Å². The monoisotopic (exact) mass is 513 g/mol. The highest BCUT2D eigenvalue weighted by Crippen LogP contribution is 2.38. The van der Waals surface area contributed by atoms with E-state index in [4.69, 9.17) is 21.1 Å². The van der Waals surface area contributed by atoms with Crippen molar-refractivity contribution in [3.8, 4) is 28.1 Å². The van der Waals surface area contributed by atoms with Gasteiger partial charge in [-0.25, -0.2) is 9.18 Å². The number of amides is 1. The average molecular weight is 514 g/mol. The van der Waals surface area contributed by atoms with Crippen molar-refractivity contribution < 1.29 is 23.5 Å². The van der Waals surface area contributed by atoms with Crippen molar-refractivity contribution in [3.05, 3.63) is 48.5 Å². The number of halogens is 2. The number of ether oxygens (including phenoxy) is 2. The Hall–Kier alpha value is -3.92. The number of nitrogens with one attached hydrogen (secondary N) is 1. The molecule has 0 fully saturated rings. The van der Waals surface area contributed by atoms with Crippen LogP contribution < -0.4 is 10.1 Å². The van der Waals surface area contributed by atoms with Crippen LogP contribution in [0.25, 0.3) is 33.3 Å². The number of anilines is 1. The lowest BCUT2D eigenvalue weighted by Crippen LogP contribution is -2.27. The van der Waals surface area contributed by atoms with Gasteiger partial charge in [0.05, 0.1) is 24.4 Å². The number of carbonyl (C=O) groups excluding carboxylic acids is 2. The Morgan fingerprint density at radius 2 is 1.92 bits per heavy atom. The van der Waals surface area contributed by atoms with E-state index >= 15 is 4.39 Å². The number of carbonyl (C=O) groups is 2. The predicted molar refractivity (Wildman–Crippen MR) is 135 cm³/mol. The van der Waals surface area contributed by atoms with Crippen molar-refractivity contribution in [3.63, 3.8) is 0 Å². The molecule has 0 spiro atoms. The maximum absolute atomic E-state index is 15.3. The SMILES string of the molecule is COc1cc(NC(=O)CCl)cc(F)c1-c1ccc2c(c1)c(-c1cnn(C)c1)nn2C(=O)OC(C)(C)C. The molecule has 0 saturated carbocycles. The number of alkyl halides is 1. The minimum absolute atomic E-state index is 0.186. The zero-order valence-corrected chi connectivity index (χ0v) is 21.2. The molecule has 0 aliphatic heterocycles. The quantitative estimate of drug-likeness (QED) is 0.368. The number of aromatic nitrogens is 4. The van der Waals surface area contributed by atoms with Crippen LogP contribution in [0.15, 0.2) is 42.7 Å². The number of rotatable bonds is 5. The summed E-state index contributed by atoms with van der Waals surface area (Å²) in [6, 6.07) is 7.76. The Bertz CT molecular complexity index is 1470. The Morgan fingerprint density at radius 1 is 1.17 bits per heavy atom. The first-order chi connectivity index (χ1) is 17.0. The molecular formula is C25H25ClFN5O4. The number of hydrogen-bond acceptors (Lipinski definition) is 6. The molecule has 0 saturated heterocycles. The lowest BCUT2D eigenvalue weighted by Gasteiger charge is -2.19. The van der Waals surface area contributed by atoms with Gasteiger partial charge < -0.3 is 14.8 Å². The normalized spacial score (nSPS) is 11.5. The van der Waals surface area contributed by atoms with Crippen LogP contribution in [0.2, 0.25) is 0 Å². The summed E-state index contributed by atoms with van der Waals surface area (Å²) in [7, 11) is 3.18. The van der Waals surface area contributed by atoms with Gasteiger partial charge >= 0.3 is 6.09 Å². The highest BCUT2D eigenvalue weighted by molar-refractivity contribution is 6.29. The molecule has 9 nitrogen and oxygen atoms in total. The molecule has 2 aromatic heterocycles. The molecule has 4 rings (SSSR count). The zero-order valence-electron chi connectivity index (χ0n) is 20.4. The van der Waals surface area contributed by atoms with E-state index in [0.29, 0.717) is 27.7 Å². The van der Waals surface area contributed by atoms with E-state index < -0.39 is 23.4 Å². The van der Waals surface area contributed by atoms with Crippen molar-refractivity contribution in [1.29, 1.82) is 0 Å². The standard InChI is InChI=1S/C25H25ClFN5O4/c1-25(2,3)36-24(34)32-19-7-6-14(8-17(19)23(30-32)15-12-28-31(4)13-15)22-18(27)9-16(10-20(22)35-5)29-21(33)11-26/h6-10,12-13H,11H2,1-5H3,(H,29,33). The first-order valence-corrected chi connectivity index (χ1v) is 11.5. The summed E-state index contributed by atoms with van der Waals surface area (Å²) in [6.07, 6.45) is 2.76. The Morgan fingerprint density at radius 3 is 2.53 bits per heavy atom. The number of methoxy groups -OCH3 is 1. The van der Waals surface area contributed by atoms with E-state index in [1.54, 1.807) is 63.1 Å². The summed E-state index contributed by atoms with van der Waals surface area (Å²) >= 11 is 5.54. The summed E-state index contributed by atoms with van der Waals surface area (Å²) in [5, 5.41) is 11.8. The number of benzene rings is 2. The van der Waals surface area contributed by atoms with Crippen molar-refractivity contribution in [1.82, 2.24) is 19.6 Å². The fraction of sp³-hybridized carbons (Fsp3) is 0.280. The van der Waals surface area contributed by atoms with E-state index in [1.165, 1.54) is 23.9 Å². The van der Waals surface area contributed by atoms with E-state index in [0.717, 1.165) is 0 Å². The smallest absolute Gasteiger partial charge is 0.435 e. The third kappa shape index (κ3) is 5.03. The van der Waals surface area contributed by atoms with Crippen LogP contribution in [0, 0.1) is 5.82 Å². The van der Waals surface area contributed by atoms with Crippen LogP contribution in [0.5, 0.6) is 5.75 Å². The van der Waals surface area contributed by atoms with Crippen LogP contribution in [0.4, 0.5) is 14.9 Å². The number of fused-ring (bicyclic) bond motifs is 1. The van der Waals surface area contributed by atoms with Crippen LogP contribution in [0.1, 0.15) is 20.8 Å². The molecule has 4 aromatic rings. The summed E-state index contributed by atoms with van der Waals surface area (Å²) in [5.74, 6) is -1.13. The van der Waals surface area contributed by atoms with Crippen LogP contribution in [-0.4, -0.2) is 50.2 Å². The van der Waals surface area contributed by atoms with Gasteiger partial charge in [-0.05, 0) is 44.5 Å². The molecule has 2 aromatic carbocycles. The van der Waals surface area contributed by atoms with Gasteiger partial charge in [-0.1, -0.05) is 6.07 Å². The topological polar surface area (TPSA) is 100 Å². The Labute approximate surface area is 211 Å². The molecule has 2 heterocycles. The van der Waals surface area contributed by atoms with Gasteiger partial charge in [0, 0.05) is 35.9 Å². The summed E-state index contributed by atoms with van der Waals surface area (Å²) in [6.45, 7) is 5.31. The third-order valence-electron chi connectivity index (χ3n) is 5.19. The molecule has 36 heavy (non-hydrogen) atoms. The third-order valence-corrected chi connectivity index (χ3v) is 5.44. The molecule has 1 N–H and O–H groups in total. The van der Waals surface area contributed by atoms with Crippen LogP contribution in [-0.2, 0) is 16.6 Å². The van der Waals surface area contributed by atoms with Gasteiger partial charge in [0.25, 0.3) is 0 Å². The second-order valence-corrected chi connectivity index (χ2v) is 9.36. The molecule has 0 aliphatic carbocycles. The van der Waals surface area contributed by atoms with Crippen molar-refractivity contribution in [2.24, 2.45) is 7.05 Å². The van der Waals surface area contributed by atoms with E-state index in [1.807, 2.05) is 0 Å². The highest BCUT2D eigenvalue weighted by atomic mass is 35.5. The summed E-state index contributed by atoms with van der Waals surface area (Å²) in [4.78, 5) is 24.6. The van der Waals surface area contributed by atoms with Crippen molar-refractivity contribution >= 4 is 40.2 Å². The lowest BCUT2D eigenvalue weighted by atomic mass is 10.00. The van der Waals surface area contributed by atoms with Crippen LogP contribution in [0.3, 0.4) is 0 Å². The van der Waals surface area contributed by atoms with Gasteiger partial charge in [-0.2, -0.15) is 14.9 Å². The first-order valence-electron chi connectivity index (χ1n) is 11.0. The van der Waals surface area contributed by atoms with Gasteiger partial charge in [0.15, 0.2) is 0 Å². The van der Waals surface area contributed by atoms with E-state index in [9.17, 15) is 9.59 Å². The van der Waals surface area contributed by atoms with Gasteiger partial charge in [0.1, 0.15) is 28.7 Å². The minimum Gasteiger partial charge on any atom is -0.496 e. The number of nitrogens with zero attached hydrogens (tertiary/aromatic N) is 4. The molecule has 188 valence electrons. The van der Waals surface area contributed by atoms with E-state index in [-0.39, 0.29) is 22.9 Å². The molecule has 0 radical (unpaired) electrons. The molecule has 0 aliphatic rings. The molecule has 1 amide bonds. The Balaban J connectivity index is 1.89. The molecule has 0 unspecified atom stereocenters. The summed E-state index contributed by atoms with van der Waals surface area (Å²) in [5.41, 5.74) is 1.81. The second kappa shape index (κ2) is 9.62. The zero-order chi connectivity index (χ0) is 26.2. The first kappa shape index (κ1) is 25.2. The molecular weight excluding hydrogens is 489 g/mol. The Kier molecular flexibility index (Phi) is 6.73. The average Bonchev–Trinajstić information content (AvgIpc) is 3.40. The van der Waals surface area contributed by atoms with Crippen LogP contribution >= 0.6 is 11.6 Å². The van der Waals surface area contributed by atoms with Crippen molar-refractivity contribution in [2.45, 2.75) is 26.4 Å². The molecule has 0 bridgehead atoms.